The molecule has 36 heavy (non-hydrogen) atoms. The normalized spacial score (nSPS) is 21.9. The molecule has 200 valence electrons. The van der Waals surface area contributed by atoms with E-state index in [4.69, 9.17) is 9.47 Å². The van der Waals surface area contributed by atoms with Crippen molar-refractivity contribution in [3.63, 3.8) is 0 Å². The van der Waals surface area contributed by atoms with E-state index >= 15 is 0 Å². The molecule has 1 aromatic rings. The van der Waals surface area contributed by atoms with Crippen LogP contribution in [0.15, 0.2) is 30.4 Å². The molecule has 1 amide bonds. The van der Waals surface area contributed by atoms with Gasteiger partial charge in [0.05, 0.1) is 12.5 Å². The Balaban J connectivity index is 1.91. The largest absolute Gasteiger partial charge is 0.481 e. The molecular formula is C28H42N2O6. The third kappa shape index (κ3) is 6.79. The Bertz CT molecular complexity index is 923. The molecule has 1 fully saturated rings. The van der Waals surface area contributed by atoms with Crippen LogP contribution in [0.25, 0.3) is 0 Å². The van der Waals surface area contributed by atoms with Gasteiger partial charge in [-0.05, 0) is 49.3 Å². The third-order valence-corrected chi connectivity index (χ3v) is 7.27. The van der Waals surface area contributed by atoms with Crippen LogP contribution in [-0.2, 0) is 9.59 Å². The van der Waals surface area contributed by atoms with Crippen LogP contribution in [-0.4, -0.2) is 77.5 Å². The summed E-state index contributed by atoms with van der Waals surface area (Å²) in [7, 11) is 0. The number of hydrogen-bond donors (Lipinski definition) is 2. The number of unbranched alkanes of at least 4 members (excludes halogenated alkanes) is 1. The molecule has 3 rings (SSSR count). The maximum Gasteiger partial charge on any atom is 0.308 e. The van der Waals surface area contributed by atoms with Crippen LogP contribution in [0.5, 0.6) is 11.5 Å². The smallest absolute Gasteiger partial charge is 0.308 e. The molecule has 3 atom stereocenters. The Labute approximate surface area is 214 Å². The van der Waals surface area contributed by atoms with E-state index in [9.17, 15) is 19.8 Å². The van der Waals surface area contributed by atoms with Crippen molar-refractivity contribution in [1.29, 1.82) is 0 Å². The number of allylic oxidation sites excluding steroid dienone is 2. The van der Waals surface area contributed by atoms with Crippen LogP contribution < -0.4 is 9.47 Å². The lowest BCUT2D eigenvalue weighted by molar-refractivity contribution is -0.144. The highest BCUT2D eigenvalue weighted by atomic mass is 16.7. The van der Waals surface area contributed by atoms with Gasteiger partial charge >= 0.3 is 5.97 Å². The number of aliphatic hydroxyl groups excluding tert-OH is 1. The number of likely N-dealkylation sites (tertiary alicyclic amines) is 1. The lowest BCUT2D eigenvalue weighted by Crippen LogP contribution is -2.46. The van der Waals surface area contributed by atoms with E-state index in [-0.39, 0.29) is 43.2 Å². The van der Waals surface area contributed by atoms with Gasteiger partial charge in [-0.15, -0.1) is 0 Å². The first-order valence-electron chi connectivity index (χ1n) is 13.1. The minimum atomic E-state index is -0.850. The second-order valence-corrected chi connectivity index (χ2v) is 10.6. The summed E-state index contributed by atoms with van der Waals surface area (Å²) in [5.74, 6) is -0.510. The maximum absolute atomic E-state index is 13.4. The van der Waals surface area contributed by atoms with Crippen molar-refractivity contribution in [3.8, 4) is 11.5 Å². The van der Waals surface area contributed by atoms with E-state index in [0.717, 1.165) is 18.4 Å². The molecule has 1 saturated heterocycles. The van der Waals surface area contributed by atoms with Gasteiger partial charge in [0.25, 0.3) is 0 Å². The van der Waals surface area contributed by atoms with Gasteiger partial charge in [-0.1, -0.05) is 45.4 Å². The quantitative estimate of drug-likeness (QED) is 0.395. The number of benzene rings is 1. The molecule has 1 aromatic carbocycles. The number of nitrogens with zero attached hydrogens (tertiary/aromatic N) is 2. The fourth-order valence-electron chi connectivity index (χ4n) is 5.53. The van der Waals surface area contributed by atoms with E-state index in [1.165, 1.54) is 0 Å². The molecule has 0 radical (unpaired) electrons. The first-order chi connectivity index (χ1) is 17.2. The highest BCUT2D eigenvalue weighted by molar-refractivity contribution is 5.79. The molecular weight excluding hydrogens is 460 g/mol. The van der Waals surface area contributed by atoms with Gasteiger partial charge in [-0.2, -0.15) is 0 Å². The van der Waals surface area contributed by atoms with E-state index in [1.54, 1.807) is 0 Å². The zero-order chi connectivity index (χ0) is 26.3. The molecule has 0 aromatic heterocycles. The summed E-state index contributed by atoms with van der Waals surface area (Å²) >= 11 is 0. The van der Waals surface area contributed by atoms with Crippen LogP contribution >= 0.6 is 0 Å². The van der Waals surface area contributed by atoms with Gasteiger partial charge in [0.2, 0.25) is 12.7 Å². The number of fused-ring (bicyclic) bond motifs is 1. The molecule has 2 aliphatic heterocycles. The number of hydrogen-bond acceptors (Lipinski definition) is 6. The predicted octanol–water partition coefficient (Wildman–Crippen LogP) is 3.89. The molecule has 2 N–H and O–H groups in total. The van der Waals surface area contributed by atoms with Gasteiger partial charge in [-0.25, -0.2) is 0 Å². The van der Waals surface area contributed by atoms with Crippen molar-refractivity contribution >= 4 is 11.9 Å². The summed E-state index contributed by atoms with van der Waals surface area (Å²) in [6.07, 6.45) is 7.12. The Kier molecular flexibility index (Phi) is 9.79. The number of carboxylic acids is 1. The van der Waals surface area contributed by atoms with Crippen LogP contribution in [0, 0.1) is 11.3 Å². The van der Waals surface area contributed by atoms with Crippen LogP contribution in [0.4, 0.5) is 0 Å². The van der Waals surface area contributed by atoms with Gasteiger partial charge in [0.1, 0.15) is 0 Å². The number of ether oxygens (including phenoxy) is 2. The Morgan fingerprint density at radius 3 is 2.58 bits per heavy atom. The van der Waals surface area contributed by atoms with Crippen molar-refractivity contribution in [3.05, 3.63) is 35.9 Å². The number of amides is 1. The topological polar surface area (TPSA) is 99.5 Å². The first-order valence-corrected chi connectivity index (χ1v) is 13.1. The molecule has 8 heteroatoms. The first kappa shape index (κ1) is 28.0. The van der Waals surface area contributed by atoms with Gasteiger partial charge in [-0.3, -0.25) is 14.5 Å². The SMILES string of the molecule is C/C=C/C(C)(C)C[C@H]1[C@H](C(=O)O)[C@@H](c2ccc3c(c2)OCO3)CN1CC(=O)N(CCCC)CCCO. The van der Waals surface area contributed by atoms with Crippen molar-refractivity contribution in [2.45, 2.75) is 65.3 Å². The lowest BCUT2D eigenvalue weighted by Gasteiger charge is -2.34. The van der Waals surface area contributed by atoms with Crippen LogP contribution in [0.1, 0.15) is 64.9 Å². The Morgan fingerprint density at radius 1 is 1.19 bits per heavy atom. The molecule has 2 aliphatic rings. The number of carbonyl (C=O) groups is 2. The second kappa shape index (κ2) is 12.6. The van der Waals surface area contributed by atoms with E-state index in [2.05, 4.69) is 31.7 Å². The highest BCUT2D eigenvalue weighted by Gasteiger charge is 2.48. The van der Waals surface area contributed by atoms with Crippen molar-refractivity contribution in [1.82, 2.24) is 9.80 Å². The van der Waals surface area contributed by atoms with Gasteiger partial charge in [0, 0.05) is 38.2 Å². The average Bonchev–Trinajstić information content (AvgIpc) is 3.43. The van der Waals surface area contributed by atoms with Gasteiger partial charge < -0.3 is 24.6 Å². The molecule has 0 spiro atoms. The van der Waals surface area contributed by atoms with Gasteiger partial charge in [0.15, 0.2) is 11.5 Å². The number of carbonyl (C=O) groups excluding carboxylic acids is 1. The minimum absolute atomic E-state index is 0.0128. The zero-order valence-electron chi connectivity index (χ0n) is 22.1. The zero-order valence-corrected chi connectivity index (χ0v) is 22.1. The summed E-state index contributed by atoms with van der Waals surface area (Å²) in [6.45, 7) is 10.2. The van der Waals surface area contributed by atoms with Crippen LogP contribution in [0.2, 0.25) is 0 Å². The standard InChI is InChI=1S/C28H42N2O6/c1-5-7-12-29(13-8-14-31)25(32)18-30-17-21(20-9-10-23-24(15-20)36-19-35-23)26(27(33)34)22(30)16-28(3,4)11-6-2/h6,9-11,15,21-22,26,31H,5,7-8,12-14,16-19H2,1-4H3,(H,33,34)/b11-6+/t21-,22+,26-/m1/s1. The van der Waals surface area contributed by atoms with E-state index in [1.807, 2.05) is 36.1 Å². The third-order valence-electron chi connectivity index (χ3n) is 7.27. The summed E-state index contributed by atoms with van der Waals surface area (Å²) in [4.78, 5) is 30.0. The van der Waals surface area contributed by atoms with Crippen LogP contribution in [0.3, 0.4) is 0 Å². The van der Waals surface area contributed by atoms with Crippen molar-refractivity contribution in [2.24, 2.45) is 11.3 Å². The predicted molar refractivity (Wildman–Crippen MR) is 138 cm³/mol. The fraction of sp³-hybridized carbons (Fsp3) is 0.643. The molecule has 0 saturated carbocycles. The Morgan fingerprint density at radius 2 is 1.92 bits per heavy atom. The fourth-order valence-corrected chi connectivity index (χ4v) is 5.53. The Hall–Kier alpha value is -2.58. The number of carboxylic acid groups (broad SMARTS) is 1. The van der Waals surface area contributed by atoms with Crippen molar-refractivity contribution in [2.75, 3.05) is 39.6 Å². The number of aliphatic hydroxyl groups is 1. The maximum atomic E-state index is 13.4. The summed E-state index contributed by atoms with van der Waals surface area (Å²) in [5, 5.41) is 19.7. The molecule has 0 unspecified atom stereocenters. The average molecular weight is 503 g/mol. The summed E-state index contributed by atoms with van der Waals surface area (Å²) < 4.78 is 11.0. The summed E-state index contributed by atoms with van der Waals surface area (Å²) in [5.41, 5.74) is 0.662. The molecule has 0 bridgehead atoms. The minimum Gasteiger partial charge on any atom is -0.481 e. The lowest BCUT2D eigenvalue weighted by atomic mass is 9.77. The van der Waals surface area contributed by atoms with E-state index in [0.29, 0.717) is 44.0 Å². The van der Waals surface area contributed by atoms with E-state index < -0.39 is 11.9 Å². The molecule has 8 nitrogen and oxygen atoms in total. The number of rotatable bonds is 13. The highest BCUT2D eigenvalue weighted by Crippen LogP contribution is 2.45. The molecule has 0 aliphatic carbocycles. The second-order valence-electron chi connectivity index (χ2n) is 10.6. The number of aliphatic carboxylic acids is 1. The van der Waals surface area contributed by atoms with Crippen molar-refractivity contribution < 1.29 is 29.3 Å². The monoisotopic (exact) mass is 502 g/mol. The molecule has 2 heterocycles. The summed E-state index contributed by atoms with van der Waals surface area (Å²) in [6, 6.07) is 5.34.